The molecular formula is C12H16N2O4. The van der Waals surface area contributed by atoms with Crippen LogP contribution in [0.5, 0.6) is 0 Å². The number of amides is 1. The first-order chi connectivity index (χ1) is 8.59. The third-order valence-electron chi connectivity index (χ3n) is 2.16. The molecule has 0 saturated heterocycles. The zero-order chi connectivity index (χ0) is 13.4. The summed E-state index contributed by atoms with van der Waals surface area (Å²) < 4.78 is 5.28. The van der Waals surface area contributed by atoms with Crippen LogP contribution in [0.4, 0.5) is 0 Å². The van der Waals surface area contributed by atoms with Gasteiger partial charge in [0.2, 0.25) is 5.91 Å². The van der Waals surface area contributed by atoms with Crippen molar-refractivity contribution in [2.75, 3.05) is 13.2 Å². The number of carbonyl (C=O) groups excluding carboxylic acids is 1. The minimum absolute atomic E-state index is 0.0420. The van der Waals surface area contributed by atoms with Crippen molar-refractivity contribution in [3.8, 4) is 0 Å². The Morgan fingerprint density at radius 1 is 1.33 bits per heavy atom. The molecule has 0 aromatic heterocycles. The molecular weight excluding hydrogens is 236 g/mol. The molecule has 98 valence electrons. The molecule has 0 aliphatic carbocycles. The fraction of sp³-hybridized carbons (Fsp3) is 0.333. The summed E-state index contributed by atoms with van der Waals surface area (Å²) in [4.78, 5) is 21.5. The number of rotatable bonds is 7. The molecule has 0 radical (unpaired) electrons. The monoisotopic (exact) mass is 252 g/mol. The van der Waals surface area contributed by atoms with Gasteiger partial charge in [0.15, 0.2) is 0 Å². The van der Waals surface area contributed by atoms with Gasteiger partial charge in [0.1, 0.15) is 12.6 Å². The molecule has 1 amide bonds. The van der Waals surface area contributed by atoms with Gasteiger partial charge in [-0.25, -0.2) is 0 Å². The number of carboxylic acid groups (broad SMARTS) is 1. The Labute approximate surface area is 105 Å². The second-order valence-corrected chi connectivity index (χ2v) is 3.72. The zero-order valence-electron chi connectivity index (χ0n) is 9.83. The highest BCUT2D eigenvalue weighted by Gasteiger charge is 2.14. The number of hydrogen-bond donors (Lipinski definition) is 3. The van der Waals surface area contributed by atoms with Crippen LogP contribution in [0.3, 0.4) is 0 Å². The SMILES string of the molecule is N[C@@H](COCc1ccccc1)C(=O)NCC(=O)O. The third kappa shape index (κ3) is 5.42. The van der Waals surface area contributed by atoms with Crippen LogP contribution in [0.1, 0.15) is 5.56 Å². The van der Waals surface area contributed by atoms with Gasteiger partial charge >= 0.3 is 5.97 Å². The summed E-state index contributed by atoms with van der Waals surface area (Å²) in [5.41, 5.74) is 6.52. The lowest BCUT2D eigenvalue weighted by atomic mass is 10.2. The van der Waals surface area contributed by atoms with Crippen molar-refractivity contribution in [2.24, 2.45) is 5.73 Å². The Morgan fingerprint density at radius 2 is 2.00 bits per heavy atom. The molecule has 1 aromatic rings. The van der Waals surface area contributed by atoms with E-state index in [1.54, 1.807) is 0 Å². The number of nitrogens with one attached hydrogen (secondary N) is 1. The number of carboxylic acids is 1. The molecule has 18 heavy (non-hydrogen) atoms. The second kappa shape index (κ2) is 7.41. The van der Waals surface area contributed by atoms with Gasteiger partial charge in [0, 0.05) is 0 Å². The normalized spacial score (nSPS) is 11.8. The molecule has 6 nitrogen and oxygen atoms in total. The van der Waals surface area contributed by atoms with E-state index in [4.69, 9.17) is 15.6 Å². The van der Waals surface area contributed by atoms with Gasteiger partial charge in [-0.15, -0.1) is 0 Å². The molecule has 0 aliphatic heterocycles. The molecule has 0 heterocycles. The lowest BCUT2D eigenvalue weighted by Crippen LogP contribution is -2.45. The van der Waals surface area contributed by atoms with Crippen molar-refractivity contribution in [2.45, 2.75) is 12.6 Å². The second-order valence-electron chi connectivity index (χ2n) is 3.72. The van der Waals surface area contributed by atoms with Crippen LogP contribution in [0, 0.1) is 0 Å². The maximum absolute atomic E-state index is 11.3. The number of aliphatic carboxylic acids is 1. The number of benzene rings is 1. The van der Waals surface area contributed by atoms with Crippen LogP contribution in [-0.4, -0.2) is 36.2 Å². The first-order valence-corrected chi connectivity index (χ1v) is 5.46. The largest absolute Gasteiger partial charge is 0.480 e. The van der Waals surface area contributed by atoms with E-state index < -0.39 is 24.5 Å². The Balaban J connectivity index is 2.22. The van der Waals surface area contributed by atoms with Crippen LogP contribution in [0.2, 0.25) is 0 Å². The molecule has 1 aromatic carbocycles. The average Bonchev–Trinajstić information content (AvgIpc) is 2.37. The van der Waals surface area contributed by atoms with Crippen molar-refractivity contribution >= 4 is 11.9 Å². The van der Waals surface area contributed by atoms with Gasteiger partial charge in [0.25, 0.3) is 0 Å². The molecule has 0 spiro atoms. The summed E-state index contributed by atoms with van der Waals surface area (Å²) in [6.07, 6.45) is 0. The van der Waals surface area contributed by atoms with Crippen molar-refractivity contribution in [1.29, 1.82) is 0 Å². The number of nitrogens with two attached hydrogens (primary N) is 1. The Hall–Kier alpha value is -1.92. The third-order valence-corrected chi connectivity index (χ3v) is 2.16. The fourth-order valence-corrected chi connectivity index (χ4v) is 1.25. The Kier molecular flexibility index (Phi) is 5.83. The molecule has 1 rings (SSSR count). The lowest BCUT2D eigenvalue weighted by molar-refractivity contribution is -0.138. The van der Waals surface area contributed by atoms with Crippen LogP contribution < -0.4 is 11.1 Å². The molecule has 0 aliphatic rings. The van der Waals surface area contributed by atoms with E-state index in [1.807, 2.05) is 30.3 Å². The molecule has 6 heteroatoms. The molecule has 0 unspecified atom stereocenters. The summed E-state index contributed by atoms with van der Waals surface area (Å²) in [5.74, 6) is -1.65. The van der Waals surface area contributed by atoms with E-state index >= 15 is 0 Å². The van der Waals surface area contributed by atoms with E-state index in [1.165, 1.54) is 0 Å². The molecule has 4 N–H and O–H groups in total. The molecule has 0 bridgehead atoms. The molecule has 0 saturated carbocycles. The van der Waals surface area contributed by atoms with Gasteiger partial charge in [-0.3, -0.25) is 9.59 Å². The van der Waals surface area contributed by atoms with E-state index in [0.717, 1.165) is 5.56 Å². The van der Waals surface area contributed by atoms with Crippen LogP contribution in [0.15, 0.2) is 30.3 Å². The van der Waals surface area contributed by atoms with Gasteiger partial charge in [0.05, 0.1) is 13.2 Å². The first kappa shape index (κ1) is 14.1. The smallest absolute Gasteiger partial charge is 0.322 e. The standard InChI is InChI=1S/C12H16N2O4/c13-10(12(17)14-6-11(15)16)8-18-7-9-4-2-1-3-5-9/h1-5,10H,6-8,13H2,(H,14,17)(H,15,16)/t10-/m0/s1. The minimum atomic E-state index is -1.11. The minimum Gasteiger partial charge on any atom is -0.480 e. The number of carbonyl (C=O) groups is 2. The molecule has 0 fully saturated rings. The van der Waals surface area contributed by atoms with Crippen molar-refractivity contribution in [3.05, 3.63) is 35.9 Å². The zero-order valence-corrected chi connectivity index (χ0v) is 9.83. The van der Waals surface area contributed by atoms with Gasteiger partial charge in [-0.1, -0.05) is 30.3 Å². The number of hydrogen-bond acceptors (Lipinski definition) is 4. The quantitative estimate of drug-likeness (QED) is 0.620. The Bertz CT molecular complexity index is 394. The predicted molar refractivity (Wildman–Crippen MR) is 64.7 cm³/mol. The van der Waals surface area contributed by atoms with E-state index in [9.17, 15) is 9.59 Å². The highest BCUT2D eigenvalue weighted by molar-refractivity contribution is 5.85. The van der Waals surface area contributed by atoms with Crippen LogP contribution in [0.25, 0.3) is 0 Å². The first-order valence-electron chi connectivity index (χ1n) is 5.46. The van der Waals surface area contributed by atoms with Gasteiger partial charge in [-0.2, -0.15) is 0 Å². The van der Waals surface area contributed by atoms with E-state index in [-0.39, 0.29) is 6.61 Å². The number of ether oxygens (including phenoxy) is 1. The van der Waals surface area contributed by atoms with E-state index in [2.05, 4.69) is 5.32 Å². The summed E-state index contributed by atoms with van der Waals surface area (Å²) >= 11 is 0. The van der Waals surface area contributed by atoms with Crippen molar-refractivity contribution < 1.29 is 19.4 Å². The predicted octanol–water partition coefficient (Wildman–Crippen LogP) is -0.269. The topological polar surface area (TPSA) is 102 Å². The maximum atomic E-state index is 11.3. The summed E-state index contributed by atoms with van der Waals surface area (Å²) in [6.45, 7) is -0.0354. The van der Waals surface area contributed by atoms with E-state index in [0.29, 0.717) is 6.61 Å². The maximum Gasteiger partial charge on any atom is 0.322 e. The van der Waals surface area contributed by atoms with Crippen molar-refractivity contribution in [1.82, 2.24) is 5.32 Å². The summed E-state index contributed by atoms with van der Waals surface area (Å²) in [5, 5.41) is 10.6. The fourth-order valence-electron chi connectivity index (χ4n) is 1.25. The van der Waals surface area contributed by atoms with Gasteiger partial charge in [-0.05, 0) is 5.56 Å². The highest BCUT2D eigenvalue weighted by atomic mass is 16.5. The average molecular weight is 252 g/mol. The molecule has 1 atom stereocenters. The summed E-state index contributed by atoms with van der Waals surface area (Å²) in [7, 11) is 0. The van der Waals surface area contributed by atoms with Gasteiger partial charge < -0.3 is 20.9 Å². The van der Waals surface area contributed by atoms with Crippen LogP contribution in [-0.2, 0) is 20.9 Å². The van der Waals surface area contributed by atoms with Crippen molar-refractivity contribution in [3.63, 3.8) is 0 Å². The highest BCUT2D eigenvalue weighted by Crippen LogP contribution is 2.00. The van der Waals surface area contributed by atoms with Crippen LogP contribution >= 0.6 is 0 Å². The lowest BCUT2D eigenvalue weighted by Gasteiger charge is -2.11. The summed E-state index contributed by atoms with van der Waals surface area (Å²) in [6, 6.07) is 8.60. The Morgan fingerprint density at radius 3 is 2.61 bits per heavy atom.